The summed E-state index contributed by atoms with van der Waals surface area (Å²) in [5.74, 6) is -1.00. The van der Waals surface area contributed by atoms with Crippen LogP contribution in [0.4, 0.5) is 5.00 Å². The Labute approximate surface area is 196 Å². The Bertz CT molecular complexity index is 1240. The summed E-state index contributed by atoms with van der Waals surface area (Å²) in [6.45, 7) is 4.23. The first-order valence-electron chi connectivity index (χ1n) is 10.6. The number of amides is 1. The third-order valence-corrected chi connectivity index (χ3v) is 6.33. The summed E-state index contributed by atoms with van der Waals surface area (Å²) in [6, 6.07) is 16.9. The maximum absolute atomic E-state index is 12.9. The van der Waals surface area contributed by atoms with Crippen LogP contribution in [-0.4, -0.2) is 23.4 Å². The molecule has 6 nitrogen and oxygen atoms in total. The van der Waals surface area contributed by atoms with Crippen molar-refractivity contribution in [3.63, 3.8) is 0 Å². The largest absolute Gasteiger partial charge is 0.457 e. The van der Waals surface area contributed by atoms with Gasteiger partial charge in [0.05, 0.1) is 21.2 Å². The number of esters is 1. The molecular formula is C26H25N3O3S. The van der Waals surface area contributed by atoms with Crippen molar-refractivity contribution in [2.24, 2.45) is 5.73 Å². The molecule has 4 rings (SSSR count). The lowest BCUT2D eigenvalue weighted by atomic mass is 9.97. The summed E-state index contributed by atoms with van der Waals surface area (Å²) in [7, 11) is 0. The molecule has 7 heteroatoms. The summed E-state index contributed by atoms with van der Waals surface area (Å²) >= 11 is 1.48. The van der Waals surface area contributed by atoms with E-state index in [2.05, 4.69) is 10.3 Å². The minimum Gasteiger partial charge on any atom is -0.457 e. The van der Waals surface area contributed by atoms with Crippen LogP contribution in [0.2, 0.25) is 0 Å². The molecule has 33 heavy (non-hydrogen) atoms. The van der Waals surface area contributed by atoms with Crippen molar-refractivity contribution in [1.29, 1.82) is 0 Å². The number of nitrogens with two attached hydrogens (primary N) is 1. The number of anilines is 1. The Kier molecular flexibility index (Phi) is 6.82. The molecule has 0 spiro atoms. The zero-order chi connectivity index (χ0) is 23.4. The Morgan fingerprint density at radius 3 is 2.45 bits per heavy atom. The molecule has 0 aliphatic rings. The van der Waals surface area contributed by atoms with Crippen LogP contribution in [0.5, 0.6) is 0 Å². The summed E-state index contributed by atoms with van der Waals surface area (Å²) in [5, 5.41) is 4.76. The van der Waals surface area contributed by atoms with E-state index < -0.39 is 5.92 Å². The second-order valence-corrected chi connectivity index (χ2v) is 9.08. The molecule has 0 saturated carbocycles. The van der Waals surface area contributed by atoms with E-state index in [4.69, 9.17) is 10.5 Å². The van der Waals surface area contributed by atoms with Crippen LogP contribution >= 0.6 is 11.3 Å². The maximum atomic E-state index is 12.9. The smallest absolute Gasteiger partial charge is 0.338 e. The highest BCUT2D eigenvalue weighted by atomic mass is 32.1. The van der Waals surface area contributed by atoms with Crippen molar-refractivity contribution in [2.45, 2.75) is 26.4 Å². The molecule has 4 aromatic rings. The molecule has 0 bridgehead atoms. The van der Waals surface area contributed by atoms with Gasteiger partial charge in [-0.05, 0) is 54.6 Å². The van der Waals surface area contributed by atoms with Crippen LogP contribution in [0.1, 0.15) is 38.5 Å². The Morgan fingerprint density at radius 2 is 1.79 bits per heavy atom. The zero-order valence-electron chi connectivity index (χ0n) is 18.5. The predicted molar refractivity (Wildman–Crippen MR) is 132 cm³/mol. The fraction of sp³-hybridized carbons (Fsp3) is 0.192. The quantitative estimate of drug-likeness (QED) is 0.381. The van der Waals surface area contributed by atoms with E-state index in [1.807, 2.05) is 68.4 Å². The number of rotatable bonds is 7. The average Bonchev–Trinajstić information content (AvgIpc) is 3.20. The van der Waals surface area contributed by atoms with Gasteiger partial charge in [0.2, 0.25) is 5.91 Å². The van der Waals surface area contributed by atoms with Gasteiger partial charge in [0.15, 0.2) is 0 Å². The van der Waals surface area contributed by atoms with Gasteiger partial charge in [-0.1, -0.05) is 41.5 Å². The zero-order valence-corrected chi connectivity index (χ0v) is 19.3. The number of aromatic nitrogens is 1. The predicted octanol–water partition coefficient (Wildman–Crippen LogP) is 4.95. The minimum absolute atomic E-state index is 0.154. The van der Waals surface area contributed by atoms with Crippen LogP contribution in [0.25, 0.3) is 10.1 Å². The molecule has 2 aromatic heterocycles. The average molecular weight is 460 g/mol. The summed E-state index contributed by atoms with van der Waals surface area (Å²) in [4.78, 5) is 29.3. The van der Waals surface area contributed by atoms with E-state index in [0.29, 0.717) is 5.56 Å². The van der Waals surface area contributed by atoms with Crippen molar-refractivity contribution in [2.75, 3.05) is 11.9 Å². The number of pyridine rings is 1. The van der Waals surface area contributed by atoms with Crippen LogP contribution < -0.4 is 11.1 Å². The highest BCUT2D eigenvalue weighted by Crippen LogP contribution is 2.30. The topological polar surface area (TPSA) is 94.3 Å². The van der Waals surface area contributed by atoms with Crippen molar-refractivity contribution in [3.05, 3.63) is 94.8 Å². The number of aryl methyl sites for hydroxylation is 2. The lowest BCUT2D eigenvalue weighted by molar-refractivity contribution is -0.117. The molecule has 0 aliphatic carbocycles. The van der Waals surface area contributed by atoms with Crippen molar-refractivity contribution >= 4 is 38.3 Å². The fourth-order valence-electron chi connectivity index (χ4n) is 3.72. The molecule has 0 unspecified atom stereocenters. The van der Waals surface area contributed by atoms with Crippen LogP contribution in [0.3, 0.4) is 0 Å². The fourth-order valence-corrected chi connectivity index (χ4v) is 4.65. The molecule has 3 N–H and O–H groups in total. The lowest BCUT2D eigenvalue weighted by Gasteiger charge is -2.15. The van der Waals surface area contributed by atoms with E-state index in [1.54, 1.807) is 12.4 Å². The third-order valence-electron chi connectivity index (χ3n) is 5.33. The number of fused-ring (bicyclic) bond motifs is 1. The first kappa shape index (κ1) is 22.6. The van der Waals surface area contributed by atoms with Gasteiger partial charge in [-0.3, -0.25) is 9.78 Å². The van der Waals surface area contributed by atoms with Crippen LogP contribution in [0.15, 0.2) is 67.0 Å². The first-order chi connectivity index (χ1) is 15.9. The van der Waals surface area contributed by atoms with E-state index in [1.165, 1.54) is 11.3 Å². The Balaban J connectivity index is 1.39. The highest BCUT2D eigenvalue weighted by molar-refractivity contribution is 7.22. The van der Waals surface area contributed by atoms with E-state index >= 15 is 0 Å². The van der Waals surface area contributed by atoms with Crippen LogP contribution in [-0.2, 0) is 16.1 Å². The number of hydrogen-bond donors (Lipinski definition) is 2. The molecule has 0 fully saturated rings. The third kappa shape index (κ3) is 5.45. The normalized spacial score (nSPS) is 11.8. The van der Waals surface area contributed by atoms with E-state index in [0.717, 1.165) is 37.3 Å². The lowest BCUT2D eigenvalue weighted by Crippen LogP contribution is -2.27. The SMILES string of the molecule is Cc1cc(C)cc(C(=O)OCc2ccc([C@@H](CN)C(=O)Nc3cc4ccncc4s3)cc2)c1. The second kappa shape index (κ2) is 9.94. The number of carbonyl (C=O) groups excluding carboxylic acids is 2. The molecule has 2 aromatic carbocycles. The molecule has 0 radical (unpaired) electrons. The number of ether oxygens (including phenoxy) is 1. The molecule has 2 heterocycles. The minimum atomic E-state index is -0.486. The van der Waals surface area contributed by atoms with E-state index in [-0.39, 0.29) is 25.0 Å². The van der Waals surface area contributed by atoms with E-state index in [9.17, 15) is 9.59 Å². The molecular weight excluding hydrogens is 434 g/mol. The Morgan fingerprint density at radius 1 is 1.06 bits per heavy atom. The standard InChI is InChI=1S/C26H25N3O3S/c1-16-9-17(2)11-21(10-16)26(31)32-15-18-3-5-19(6-4-18)22(13-27)25(30)29-24-12-20-7-8-28-14-23(20)33-24/h3-12,14,22H,13,15,27H2,1-2H3,(H,29,30)/t22-/m1/s1. The second-order valence-electron chi connectivity index (χ2n) is 8.00. The van der Waals surface area contributed by atoms with Crippen molar-refractivity contribution in [1.82, 2.24) is 4.98 Å². The van der Waals surface area contributed by atoms with Crippen molar-refractivity contribution < 1.29 is 14.3 Å². The summed E-state index contributed by atoms with van der Waals surface area (Å²) in [5.41, 5.74) is 10.1. The number of hydrogen-bond acceptors (Lipinski definition) is 6. The number of nitrogens with one attached hydrogen (secondary N) is 1. The van der Waals surface area contributed by atoms with Crippen LogP contribution in [0, 0.1) is 13.8 Å². The van der Waals surface area contributed by atoms with Gasteiger partial charge in [0.1, 0.15) is 6.61 Å². The van der Waals surface area contributed by atoms with Gasteiger partial charge in [-0.2, -0.15) is 0 Å². The first-order valence-corrected chi connectivity index (χ1v) is 11.4. The molecule has 168 valence electrons. The molecule has 1 atom stereocenters. The molecule has 0 saturated heterocycles. The van der Waals surface area contributed by atoms with Gasteiger partial charge >= 0.3 is 5.97 Å². The molecule has 0 aliphatic heterocycles. The number of carbonyl (C=O) groups is 2. The van der Waals surface area contributed by atoms with Gasteiger partial charge in [-0.25, -0.2) is 4.79 Å². The monoisotopic (exact) mass is 459 g/mol. The highest BCUT2D eigenvalue weighted by Gasteiger charge is 2.20. The van der Waals surface area contributed by atoms with Gasteiger partial charge in [0.25, 0.3) is 0 Å². The number of thiophene rings is 1. The summed E-state index contributed by atoms with van der Waals surface area (Å²) < 4.78 is 6.47. The van der Waals surface area contributed by atoms with Crippen molar-refractivity contribution in [3.8, 4) is 0 Å². The van der Waals surface area contributed by atoms with Gasteiger partial charge in [-0.15, -0.1) is 11.3 Å². The molecule has 1 amide bonds. The summed E-state index contributed by atoms with van der Waals surface area (Å²) in [6.07, 6.45) is 3.51. The Hall–Kier alpha value is -3.55. The van der Waals surface area contributed by atoms with Gasteiger partial charge < -0.3 is 15.8 Å². The maximum Gasteiger partial charge on any atom is 0.338 e. The van der Waals surface area contributed by atoms with Gasteiger partial charge in [0, 0.05) is 18.9 Å². The number of benzene rings is 2. The number of nitrogens with zero attached hydrogens (tertiary/aromatic N) is 1.